The van der Waals surface area contributed by atoms with Gasteiger partial charge in [0.25, 0.3) is 17.4 Å². The molecule has 1 saturated carbocycles. The highest BCUT2D eigenvalue weighted by Gasteiger charge is 2.32. The zero-order valence-electron chi connectivity index (χ0n) is 46.7. The van der Waals surface area contributed by atoms with Gasteiger partial charge < -0.3 is 50.0 Å². The third kappa shape index (κ3) is 17.2. The van der Waals surface area contributed by atoms with E-state index in [-0.39, 0.29) is 79.2 Å². The second kappa shape index (κ2) is 30.6. The first kappa shape index (κ1) is 60.0. The fourth-order valence-corrected chi connectivity index (χ4v) is 11.0. The first-order valence-electron chi connectivity index (χ1n) is 28.6. The van der Waals surface area contributed by atoms with Crippen LogP contribution in [0.2, 0.25) is 0 Å². The number of amides is 4. The van der Waals surface area contributed by atoms with Crippen molar-refractivity contribution in [2.75, 3.05) is 112 Å². The first-order chi connectivity index (χ1) is 39.5. The number of hydrogen-bond acceptors (Lipinski definition) is 14. The summed E-state index contributed by atoms with van der Waals surface area (Å²) < 4.78 is 37.6. The minimum atomic E-state index is -0.687. The Bertz CT molecular complexity index is 2980. The maximum Gasteiger partial charge on any atom is 0.272 e. The summed E-state index contributed by atoms with van der Waals surface area (Å²) in [7, 11) is 1.61. The number of nitrogens with zero attached hydrogens (tertiary/aromatic N) is 4. The molecule has 3 fully saturated rings. The summed E-state index contributed by atoms with van der Waals surface area (Å²) in [5.74, 6) is -0.0193. The molecule has 5 aromatic rings. The van der Waals surface area contributed by atoms with Gasteiger partial charge in [-0.25, -0.2) is 9.49 Å². The number of halogens is 1. The SMILES string of the molecule is CCOc1cc(OC)ccc1CNCC(=O)N1CCCC(c2cccc(C(=O)N[C@@H](C(=O)NCCOCCOCCNCC(=O)CN3CCN(C(=O)c4cc(Cc5n[nH]c(=O)c6ccccc56)ccc4F)CC3)C3CCCCC3)c2)C1. The molecular weight excluding hydrogens is 1040 g/mol. The molecule has 2 atom stereocenters. The van der Waals surface area contributed by atoms with Gasteiger partial charge in [-0.05, 0) is 86.1 Å². The van der Waals surface area contributed by atoms with Crippen LogP contribution in [0, 0.1) is 11.7 Å². The summed E-state index contributed by atoms with van der Waals surface area (Å²) in [6.45, 7) is 8.40. The van der Waals surface area contributed by atoms with Crippen molar-refractivity contribution in [1.29, 1.82) is 0 Å². The molecule has 0 bridgehead atoms. The Kier molecular flexibility index (Phi) is 22.7. The van der Waals surface area contributed by atoms with Gasteiger partial charge in [0.1, 0.15) is 23.4 Å². The number of ketones is 1. The number of aromatic nitrogens is 2. The number of hydrogen-bond donors (Lipinski definition) is 5. The molecule has 5 N–H and O–H groups in total. The fraction of sp³-hybridized carbons (Fsp3) is 0.492. The normalized spacial score (nSPS) is 16.5. The predicted molar refractivity (Wildman–Crippen MR) is 305 cm³/mol. The number of piperidine rings is 1. The smallest absolute Gasteiger partial charge is 0.272 e. The molecule has 8 rings (SSSR count). The van der Waals surface area contributed by atoms with Crippen LogP contribution in [0.15, 0.2) is 89.7 Å². The van der Waals surface area contributed by atoms with Crippen molar-refractivity contribution in [2.45, 2.75) is 76.8 Å². The lowest BCUT2D eigenvalue weighted by Gasteiger charge is -2.34. The number of methoxy groups -OCH3 is 1. The van der Waals surface area contributed by atoms with Crippen molar-refractivity contribution in [1.82, 2.24) is 46.2 Å². The largest absolute Gasteiger partial charge is 0.497 e. The molecule has 434 valence electrons. The minimum absolute atomic E-state index is 0.00298. The van der Waals surface area contributed by atoms with E-state index in [1.54, 1.807) is 42.3 Å². The maximum atomic E-state index is 15.0. The molecule has 3 aliphatic rings. The maximum absolute atomic E-state index is 15.0. The van der Waals surface area contributed by atoms with Gasteiger partial charge in [0.05, 0.1) is 76.4 Å². The van der Waals surface area contributed by atoms with Crippen LogP contribution in [0.25, 0.3) is 10.8 Å². The molecule has 1 aromatic heterocycles. The molecule has 19 nitrogen and oxygen atoms in total. The van der Waals surface area contributed by atoms with Crippen LogP contribution < -0.4 is 36.3 Å². The number of aromatic amines is 1. The molecule has 3 heterocycles. The quantitative estimate of drug-likeness (QED) is 0.0416. The zero-order chi connectivity index (χ0) is 56.9. The number of carbonyl (C=O) groups is 5. The number of carbonyl (C=O) groups excluding carboxylic acids is 5. The Morgan fingerprint density at radius 3 is 2.33 bits per heavy atom. The van der Waals surface area contributed by atoms with Crippen LogP contribution in [0.5, 0.6) is 11.5 Å². The van der Waals surface area contributed by atoms with Gasteiger partial charge in [-0.3, -0.25) is 33.7 Å². The number of benzene rings is 4. The van der Waals surface area contributed by atoms with Gasteiger partial charge >= 0.3 is 0 Å². The van der Waals surface area contributed by atoms with Crippen molar-refractivity contribution in [2.24, 2.45) is 5.92 Å². The summed E-state index contributed by atoms with van der Waals surface area (Å²) in [5.41, 5.74) is 3.40. The van der Waals surface area contributed by atoms with Crippen molar-refractivity contribution < 1.29 is 47.3 Å². The summed E-state index contributed by atoms with van der Waals surface area (Å²) in [6.07, 6.45) is 6.87. The third-order valence-electron chi connectivity index (χ3n) is 15.4. The molecule has 81 heavy (non-hydrogen) atoms. The molecular formula is C61H78FN9O10. The molecule has 2 aliphatic heterocycles. The van der Waals surface area contributed by atoms with Gasteiger partial charge in [0.15, 0.2) is 5.78 Å². The lowest BCUT2D eigenvalue weighted by atomic mass is 9.83. The van der Waals surface area contributed by atoms with Crippen LogP contribution in [-0.4, -0.2) is 172 Å². The van der Waals surface area contributed by atoms with Gasteiger partial charge in [-0.1, -0.05) is 61.7 Å². The monoisotopic (exact) mass is 1120 g/mol. The summed E-state index contributed by atoms with van der Waals surface area (Å²) in [5, 5.41) is 20.4. The first-order valence-corrected chi connectivity index (χ1v) is 28.6. The van der Waals surface area contributed by atoms with Crippen molar-refractivity contribution in [3.05, 3.63) is 135 Å². The third-order valence-corrected chi connectivity index (χ3v) is 15.4. The molecule has 4 amide bonds. The van der Waals surface area contributed by atoms with E-state index in [1.807, 2.05) is 65.3 Å². The molecule has 1 unspecified atom stereocenters. The second-order valence-electron chi connectivity index (χ2n) is 21.0. The molecule has 2 saturated heterocycles. The highest BCUT2D eigenvalue weighted by molar-refractivity contribution is 5.98. The second-order valence-corrected chi connectivity index (χ2v) is 21.0. The van der Waals surface area contributed by atoms with Crippen LogP contribution in [0.1, 0.15) is 101 Å². The highest BCUT2D eigenvalue weighted by atomic mass is 19.1. The highest BCUT2D eigenvalue weighted by Crippen LogP contribution is 2.30. The lowest BCUT2D eigenvalue weighted by Crippen LogP contribution is -2.52. The Morgan fingerprint density at radius 2 is 1.56 bits per heavy atom. The standard InChI is InChI=1S/C61H78FN9O10/c1-3-81-55-36-49(78-2)20-19-46(55)37-64-39-56(73)71-24-10-15-47(40-71)44-13-9-14-45(35-44)58(74)66-57(43-11-5-4-6-12-43)60(76)65-23-30-80-32-31-79-29-22-63-38-48(72)41-69-25-27-70(28-26-69)61(77)52-33-42(18-21-53(52)62)34-54-50-16-7-8-17-51(50)59(75)68-67-54/h7-9,13-14,16-21,33,35-36,43,47,57,63-64H,3-6,10-12,15,22-32,34,37-41H2,1-2H3,(H,65,76)(H,66,74)(H,68,75)/t47?,57-/m1/s1. The number of H-pyrrole nitrogens is 1. The van der Waals surface area contributed by atoms with E-state index in [2.05, 4.69) is 31.5 Å². The van der Waals surface area contributed by atoms with Crippen LogP contribution >= 0.6 is 0 Å². The molecule has 0 spiro atoms. The zero-order valence-corrected chi connectivity index (χ0v) is 46.7. The van der Waals surface area contributed by atoms with Crippen molar-refractivity contribution in [3.63, 3.8) is 0 Å². The Morgan fingerprint density at radius 1 is 0.778 bits per heavy atom. The van der Waals surface area contributed by atoms with Crippen LogP contribution in [-0.2, 0) is 36.8 Å². The van der Waals surface area contributed by atoms with E-state index >= 15 is 4.39 Å². The van der Waals surface area contributed by atoms with Crippen molar-refractivity contribution in [3.8, 4) is 11.5 Å². The number of Topliss-reactive ketones (excluding diaryl/α,β-unsaturated/α-hetero) is 1. The van der Waals surface area contributed by atoms with Crippen LogP contribution in [0.3, 0.4) is 0 Å². The molecule has 1 aliphatic carbocycles. The number of ether oxygens (including phenoxy) is 4. The van der Waals surface area contributed by atoms with Gasteiger partial charge in [-0.15, -0.1) is 0 Å². The average Bonchev–Trinajstić information content (AvgIpc) is 3.60. The molecule has 4 aromatic carbocycles. The molecule has 20 heteroatoms. The number of fused-ring (bicyclic) bond motifs is 1. The average molecular weight is 1120 g/mol. The van der Waals surface area contributed by atoms with Gasteiger partial charge in [0, 0.05) is 93.8 Å². The summed E-state index contributed by atoms with van der Waals surface area (Å²) in [4.78, 5) is 85.0. The van der Waals surface area contributed by atoms with E-state index in [9.17, 15) is 28.8 Å². The summed E-state index contributed by atoms with van der Waals surface area (Å²) >= 11 is 0. The van der Waals surface area contributed by atoms with Gasteiger partial charge in [-0.2, -0.15) is 5.10 Å². The molecule has 0 radical (unpaired) electrons. The Labute approximate surface area is 473 Å². The number of piperazine rings is 1. The van der Waals surface area contributed by atoms with E-state index in [4.69, 9.17) is 18.9 Å². The lowest BCUT2D eigenvalue weighted by molar-refractivity contribution is -0.131. The Hall–Kier alpha value is -7.10. The number of likely N-dealkylation sites (tertiary alicyclic amines) is 1. The van der Waals surface area contributed by atoms with Crippen molar-refractivity contribution >= 4 is 40.2 Å². The topological polar surface area (TPSA) is 226 Å². The number of nitrogens with one attached hydrogen (secondary N) is 5. The predicted octanol–water partition coefficient (Wildman–Crippen LogP) is 5.00. The minimum Gasteiger partial charge on any atom is -0.497 e. The summed E-state index contributed by atoms with van der Waals surface area (Å²) in [6, 6.07) is 24.1. The van der Waals surface area contributed by atoms with E-state index < -0.39 is 17.8 Å². The number of rotatable bonds is 28. The van der Waals surface area contributed by atoms with E-state index in [0.29, 0.717) is 119 Å². The fourth-order valence-electron chi connectivity index (χ4n) is 11.0. The van der Waals surface area contributed by atoms with E-state index in [0.717, 1.165) is 61.8 Å². The Balaban J connectivity index is 0.685. The van der Waals surface area contributed by atoms with Gasteiger partial charge in [0.2, 0.25) is 11.8 Å². The van der Waals surface area contributed by atoms with E-state index in [1.165, 1.54) is 6.07 Å². The van der Waals surface area contributed by atoms with Crippen LogP contribution in [0.4, 0.5) is 4.39 Å².